The van der Waals surface area contributed by atoms with Gasteiger partial charge in [-0.1, -0.05) is 24.3 Å². The maximum Gasteiger partial charge on any atom is 0.417 e. The summed E-state index contributed by atoms with van der Waals surface area (Å²) in [6, 6.07) is 16.6. The molecule has 0 aliphatic carbocycles. The first kappa shape index (κ1) is 31.4. The van der Waals surface area contributed by atoms with E-state index >= 15 is 0 Å². The van der Waals surface area contributed by atoms with E-state index in [1.807, 2.05) is 12.1 Å². The van der Waals surface area contributed by atoms with Crippen LogP contribution in [-0.2, 0) is 17.6 Å². The number of amides is 1. The smallest absolute Gasteiger partial charge is 0.417 e. The highest BCUT2D eigenvalue weighted by molar-refractivity contribution is 6.08. The molecule has 5 rings (SSSR count). The first-order chi connectivity index (χ1) is 21.2. The fraction of sp³-hybridized carbons (Fsp3) is 0.235. The standard InChI is InChI=1S/C34H30F4N2O5/c1-19-10-11-20(35)16-28(19)44-18-25-22(14-15-27-30(25)40(4)32(42)33(2,3)39-27)23-13-12-21(17-29(23)43-5)45-31(41)24-8-6-7-9-26(24)34(36,37)38/h6-17,39H,18H2,1-5H3. The highest BCUT2D eigenvalue weighted by atomic mass is 19.4. The summed E-state index contributed by atoms with van der Waals surface area (Å²) in [7, 11) is 3.05. The number of rotatable bonds is 7. The number of nitrogens with zero attached hydrogens (tertiary/aromatic N) is 1. The van der Waals surface area contributed by atoms with Gasteiger partial charge in [0.15, 0.2) is 0 Å². The molecule has 11 heteroatoms. The first-order valence-corrected chi connectivity index (χ1v) is 13.9. The molecule has 1 aliphatic rings. The lowest BCUT2D eigenvalue weighted by Crippen LogP contribution is -2.52. The van der Waals surface area contributed by atoms with Crippen LogP contribution in [-0.4, -0.2) is 31.6 Å². The number of hydrogen-bond donors (Lipinski definition) is 1. The SMILES string of the molecule is COc1cc(OC(=O)c2ccccc2C(F)(F)F)ccc1-c1ccc2c(c1COc1cc(F)ccc1C)N(C)C(=O)C(C)(C)N2. The van der Waals surface area contributed by atoms with Gasteiger partial charge in [-0.3, -0.25) is 4.79 Å². The van der Waals surface area contributed by atoms with E-state index < -0.39 is 34.6 Å². The van der Waals surface area contributed by atoms with Crippen LogP contribution in [0.5, 0.6) is 17.2 Å². The Hall–Kier alpha value is -5.06. The third-order valence-electron chi connectivity index (χ3n) is 7.55. The predicted molar refractivity (Wildman–Crippen MR) is 161 cm³/mol. The molecule has 1 N–H and O–H groups in total. The number of anilines is 2. The van der Waals surface area contributed by atoms with E-state index in [2.05, 4.69) is 5.32 Å². The monoisotopic (exact) mass is 622 g/mol. The van der Waals surface area contributed by atoms with Crippen molar-refractivity contribution in [1.82, 2.24) is 0 Å². The average Bonchev–Trinajstić information content (AvgIpc) is 2.99. The van der Waals surface area contributed by atoms with Crippen molar-refractivity contribution < 1.29 is 41.4 Å². The Morgan fingerprint density at radius 3 is 2.38 bits per heavy atom. The van der Waals surface area contributed by atoms with Crippen LogP contribution in [0.2, 0.25) is 0 Å². The first-order valence-electron chi connectivity index (χ1n) is 13.9. The summed E-state index contributed by atoms with van der Waals surface area (Å²) in [4.78, 5) is 27.6. The van der Waals surface area contributed by atoms with Gasteiger partial charge in [-0.25, -0.2) is 9.18 Å². The van der Waals surface area contributed by atoms with Crippen molar-refractivity contribution in [3.05, 3.63) is 101 Å². The number of benzene rings is 4. The molecule has 1 heterocycles. The van der Waals surface area contributed by atoms with E-state index in [-0.39, 0.29) is 24.0 Å². The number of alkyl halides is 3. The molecule has 0 atom stereocenters. The molecule has 0 unspecified atom stereocenters. The molecule has 0 saturated carbocycles. The quantitative estimate of drug-likeness (QED) is 0.129. The lowest BCUT2D eigenvalue weighted by molar-refractivity contribution is -0.138. The largest absolute Gasteiger partial charge is 0.496 e. The van der Waals surface area contributed by atoms with Gasteiger partial charge in [0.05, 0.1) is 29.6 Å². The molecule has 234 valence electrons. The van der Waals surface area contributed by atoms with Gasteiger partial charge in [0, 0.05) is 30.3 Å². The number of esters is 1. The molecule has 7 nitrogen and oxygen atoms in total. The molecule has 45 heavy (non-hydrogen) atoms. The van der Waals surface area contributed by atoms with Gasteiger partial charge in [0.25, 0.3) is 5.91 Å². The lowest BCUT2D eigenvalue weighted by Gasteiger charge is -2.39. The van der Waals surface area contributed by atoms with Crippen molar-refractivity contribution >= 4 is 23.3 Å². The van der Waals surface area contributed by atoms with Crippen LogP contribution < -0.4 is 24.4 Å². The van der Waals surface area contributed by atoms with Gasteiger partial charge in [0.1, 0.15) is 35.2 Å². The minimum Gasteiger partial charge on any atom is -0.496 e. The Morgan fingerprint density at radius 1 is 0.956 bits per heavy atom. The summed E-state index contributed by atoms with van der Waals surface area (Å²) < 4.78 is 71.6. The number of carbonyl (C=O) groups is 2. The van der Waals surface area contributed by atoms with Crippen LogP contribution in [0.25, 0.3) is 11.1 Å². The van der Waals surface area contributed by atoms with Crippen LogP contribution >= 0.6 is 0 Å². The van der Waals surface area contributed by atoms with Gasteiger partial charge >= 0.3 is 12.1 Å². The number of ether oxygens (including phenoxy) is 3. The number of fused-ring (bicyclic) bond motifs is 1. The molecule has 0 saturated heterocycles. The zero-order chi connectivity index (χ0) is 32.7. The third kappa shape index (κ3) is 6.15. The Balaban J connectivity index is 1.57. The van der Waals surface area contributed by atoms with E-state index in [0.717, 1.165) is 12.1 Å². The number of hydrogen-bond acceptors (Lipinski definition) is 6. The van der Waals surface area contributed by atoms with Gasteiger partial charge in [-0.05, 0) is 68.3 Å². The van der Waals surface area contributed by atoms with Crippen LogP contribution in [0.15, 0.2) is 72.8 Å². The second-order valence-electron chi connectivity index (χ2n) is 11.1. The summed E-state index contributed by atoms with van der Waals surface area (Å²) in [5.41, 5.74) is 1.02. The topological polar surface area (TPSA) is 77.1 Å². The van der Waals surface area contributed by atoms with Gasteiger partial charge < -0.3 is 24.4 Å². The molecule has 0 aromatic heterocycles. The molecular formula is C34H30F4N2O5. The zero-order valence-electron chi connectivity index (χ0n) is 25.1. The number of aryl methyl sites for hydroxylation is 1. The van der Waals surface area contributed by atoms with Crippen LogP contribution in [0, 0.1) is 12.7 Å². The van der Waals surface area contributed by atoms with Crippen molar-refractivity contribution in [2.75, 3.05) is 24.4 Å². The van der Waals surface area contributed by atoms with Gasteiger partial charge in [-0.2, -0.15) is 13.2 Å². The van der Waals surface area contributed by atoms with Crippen molar-refractivity contribution in [2.24, 2.45) is 0 Å². The molecule has 4 aromatic rings. The molecule has 4 aromatic carbocycles. The minimum atomic E-state index is -4.75. The lowest BCUT2D eigenvalue weighted by atomic mass is 9.91. The highest BCUT2D eigenvalue weighted by Gasteiger charge is 2.39. The predicted octanol–water partition coefficient (Wildman–Crippen LogP) is 7.79. The van der Waals surface area contributed by atoms with Crippen molar-refractivity contribution in [1.29, 1.82) is 0 Å². The van der Waals surface area contributed by atoms with Crippen LogP contribution in [0.3, 0.4) is 0 Å². The molecule has 0 bridgehead atoms. The van der Waals surface area contributed by atoms with Crippen molar-refractivity contribution in [3.63, 3.8) is 0 Å². The van der Waals surface area contributed by atoms with E-state index in [1.165, 1.54) is 48.4 Å². The second-order valence-corrected chi connectivity index (χ2v) is 11.1. The zero-order valence-corrected chi connectivity index (χ0v) is 25.1. The van der Waals surface area contributed by atoms with Gasteiger partial charge in [0.2, 0.25) is 0 Å². The fourth-order valence-electron chi connectivity index (χ4n) is 5.34. The summed E-state index contributed by atoms with van der Waals surface area (Å²) in [5, 5.41) is 3.27. The Bertz CT molecular complexity index is 1800. The normalized spacial score (nSPS) is 14.0. The van der Waals surface area contributed by atoms with E-state index in [4.69, 9.17) is 14.2 Å². The number of nitrogens with one attached hydrogen (secondary N) is 1. The third-order valence-corrected chi connectivity index (χ3v) is 7.55. The molecule has 0 spiro atoms. The maximum absolute atomic E-state index is 14.1. The Morgan fingerprint density at radius 2 is 1.67 bits per heavy atom. The van der Waals surface area contributed by atoms with Crippen molar-refractivity contribution in [2.45, 2.75) is 39.1 Å². The summed E-state index contributed by atoms with van der Waals surface area (Å²) in [6.07, 6.45) is -4.75. The fourth-order valence-corrected chi connectivity index (χ4v) is 5.34. The number of methoxy groups -OCH3 is 1. The molecular weight excluding hydrogens is 592 g/mol. The average molecular weight is 623 g/mol. The molecule has 1 amide bonds. The van der Waals surface area contributed by atoms with Gasteiger partial charge in [-0.15, -0.1) is 0 Å². The second kappa shape index (κ2) is 11.8. The van der Waals surface area contributed by atoms with E-state index in [1.54, 1.807) is 40.0 Å². The van der Waals surface area contributed by atoms with Crippen LogP contribution in [0.1, 0.15) is 40.9 Å². The summed E-state index contributed by atoms with van der Waals surface area (Å²) in [6.45, 7) is 5.26. The number of carbonyl (C=O) groups excluding carboxylic acids is 2. The summed E-state index contributed by atoms with van der Waals surface area (Å²) >= 11 is 0. The highest BCUT2D eigenvalue weighted by Crippen LogP contribution is 2.45. The van der Waals surface area contributed by atoms with E-state index in [0.29, 0.717) is 39.4 Å². The number of halogens is 4. The number of likely N-dealkylation sites (N-methyl/N-ethyl adjacent to an activating group) is 1. The van der Waals surface area contributed by atoms with Crippen molar-refractivity contribution in [3.8, 4) is 28.4 Å². The molecule has 0 fully saturated rings. The Kier molecular flexibility index (Phi) is 8.22. The molecule has 1 aliphatic heterocycles. The minimum absolute atomic E-state index is 0.0422. The molecule has 0 radical (unpaired) electrons. The summed E-state index contributed by atoms with van der Waals surface area (Å²) in [5.74, 6) is -1.31. The van der Waals surface area contributed by atoms with Crippen LogP contribution in [0.4, 0.5) is 28.9 Å². The maximum atomic E-state index is 14.1. The Labute approximate surface area is 257 Å². The van der Waals surface area contributed by atoms with E-state index in [9.17, 15) is 27.2 Å².